The minimum atomic E-state index is 0.580. The molecule has 0 aliphatic carbocycles. The molecule has 0 saturated carbocycles. The monoisotopic (exact) mass is 390 g/mol. The average molecular weight is 391 g/mol. The molecule has 0 unspecified atom stereocenters. The first-order valence-electron chi connectivity index (χ1n) is 10.1. The Morgan fingerprint density at radius 2 is 1.90 bits per heavy atom. The molecule has 0 amide bonds. The molecule has 2 aromatic heterocycles. The van der Waals surface area contributed by atoms with Gasteiger partial charge >= 0.3 is 0 Å². The van der Waals surface area contributed by atoms with Crippen molar-refractivity contribution in [2.75, 3.05) is 13.6 Å². The summed E-state index contributed by atoms with van der Waals surface area (Å²) in [4.78, 5) is 12.8. The number of benzene rings is 1. The summed E-state index contributed by atoms with van der Waals surface area (Å²) in [5.74, 6) is 2.24. The van der Waals surface area contributed by atoms with Gasteiger partial charge in [0.25, 0.3) is 0 Å². The molecule has 2 N–H and O–H groups in total. The maximum Gasteiger partial charge on any atom is 0.191 e. The zero-order valence-electron chi connectivity index (χ0n) is 17.5. The van der Waals surface area contributed by atoms with Crippen molar-refractivity contribution in [3.8, 4) is 5.82 Å². The van der Waals surface area contributed by atoms with Crippen molar-refractivity contribution in [3.63, 3.8) is 0 Å². The summed E-state index contributed by atoms with van der Waals surface area (Å²) < 4.78 is 1.89. The van der Waals surface area contributed by atoms with Gasteiger partial charge in [0.05, 0.1) is 0 Å². The molecule has 0 aliphatic rings. The maximum atomic E-state index is 4.38. The van der Waals surface area contributed by atoms with Gasteiger partial charge in [-0.25, -0.2) is 9.97 Å². The van der Waals surface area contributed by atoms with Crippen LogP contribution in [0, 0.1) is 0 Å². The van der Waals surface area contributed by atoms with Gasteiger partial charge in [-0.1, -0.05) is 38.1 Å². The van der Waals surface area contributed by atoms with Gasteiger partial charge in [-0.15, -0.1) is 0 Å². The highest BCUT2D eigenvalue weighted by Gasteiger charge is 2.03. The van der Waals surface area contributed by atoms with E-state index in [4.69, 9.17) is 0 Å². The second-order valence-electron chi connectivity index (χ2n) is 7.34. The third-order valence-electron chi connectivity index (χ3n) is 4.84. The third kappa shape index (κ3) is 6.17. The molecule has 0 spiro atoms. The topological polar surface area (TPSA) is 67.1 Å². The van der Waals surface area contributed by atoms with Gasteiger partial charge in [0.2, 0.25) is 0 Å². The zero-order valence-corrected chi connectivity index (χ0v) is 17.5. The van der Waals surface area contributed by atoms with Gasteiger partial charge in [0, 0.05) is 38.7 Å². The Morgan fingerprint density at radius 3 is 2.59 bits per heavy atom. The van der Waals surface area contributed by atoms with Crippen LogP contribution in [0.25, 0.3) is 5.82 Å². The van der Waals surface area contributed by atoms with Gasteiger partial charge in [-0.05, 0) is 47.6 Å². The fourth-order valence-electron chi connectivity index (χ4n) is 3.08. The number of rotatable bonds is 8. The van der Waals surface area contributed by atoms with Gasteiger partial charge in [0.1, 0.15) is 12.1 Å². The number of aryl methyl sites for hydroxylation is 1. The van der Waals surface area contributed by atoms with Crippen molar-refractivity contribution < 1.29 is 0 Å². The minimum Gasteiger partial charge on any atom is -0.356 e. The Bertz CT molecular complexity index is 897. The second kappa shape index (κ2) is 10.4. The number of guanidine groups is 1. The van der Waals surface area contributed by atoms with Crippen LogP contribution in [-0.4, -0.2) is 34.1 Å². The Kier molecular flexibility index (Phi) is 7.39. The van der Waals surface area contributed by atoms with Crippen molar-refractivity contribution >= 4 is 5.96 Å². The zero-order chi connectivity index (χ0) is 20.5. The molecule has 0 bridgehead atoms. The lowest BCUT2D eigenvalue weighted by Crippen LogP contribution is -2.37. The van der Waals surface area contributed by atoms with Crippen molar-refractivity contribution in [3.05, 3.63) is 78.0 Å². The van der Waals surface area contributed by atoms with E-state index in [1.54, 1.807) is 19.6 Å². The lowest BCUT2D eigenvalue weighted by Gasteiger charge is -2.13. The third-order valence-corrected chi connectivity index (χ3v) is 4.84. The molecule has 0 aliphatic heterocycles. The Labute approximate surface area is 173 Å². The normalized spacial score (nSPS) is 11.7. The van der Waals surface area contributed by atoms with Crippen LogP contribution in [0.15, 0.2) is 66.3 Å². The van der Waals surface area contributed by atoms with Gasteiger partial charge in [-0.3, -0.25) is 9.56 Å². The predicted molar refractivity (Wildman–Crippen MR) is 118 cm³/mol. The SMILES string of the molecule is CN=C(NCCCc1ccc(C(C)C)cc1)NCc1ccnc(-n2ccnc2)c1. The number of aliphatic imine (C=N–C) groups is 1. The van der Waals surface area contributed by atoms with Crippen molar-refractivity contribution in [1.82, 2.24) is 25.2 Å². The Balaban J connectivity index is 1.42. The number of nitrogens with one attached hydrogen (secondary N) is 2. The van der Waals surface area contributed by atoms with Crippen LogP contribution in [0.5, 0.6) is 0 Å². The second-order valence-corrected chi connectivity index (χ2v) is 7.34. The molecule has 29 heavy (non-hydrogen) atoms. The van der Waals surface area contributed by atoms with Crippen LogP contribution in [0.1, 0.15) is 42.9 Å². The fourth-order valence-corrected chi connectivity index (χ4v) is 3.08. The number of hydrogen-bond acceptors (Lipinski definition) is 3. The molecule has 2 heterocycles. The van der Waals surface area contributed by atoms with Crippen LogP contribution in [0.3, 0.4) is 0 Å². The standard InChI is InChI=1S/C23H30N6/c1-18(2)21-8-6-19(7-9-21)5-4-11-27-23(24-3)28-16-20-10-12-26-22(15-20)29-14-13-25-17-29/h6-10,12-15,17-18H,4-5,11,16H2,1-3H3,(H2,24,27,28). The molecule has 6 nitrogen and oxygen atoms in total. The highest BCUT2D eigenvalue weighted by atomic mass is 15.2. The van der Waals surface area contributed by atoms with Crippen molar-refractivity contribution in [1.29, 1.82) is 0 Å². The minimum absolute atomic E-state index is 0.580. The fraction of sp³-hybridized carbons (Fsp3) is 0.348. The summed E-state index contributed by atoms with van der Waals surface area (Å²) in [6.45, 7) is 6.01. The molecule has 6 heteroatoms. The summed E-state index contributed by atoms with van der Waals surface area (Å²) in [6.07, 6.45) is 9.31. The lowest BCUT2D eigenvalue weighted by molar-refractivity contribution is 0.741. The first kappa shape index (κ1) is 20.6. The van der Waals surface area contributed by atoms with E-state index in [2.05, 4.69) is 63.7 Å². The van der Waals surface area contributed by atoms with Crippen LogP contribution in [0.4, 0.5) is 0 Å². The average Bonchev–Trinajstić information content (AvgIpc) is 3.29. The van der Waals surface area contributed by atoms with E-state index in [9.17, 15) is 0 Å². The van der Waals surface area contributed by atoms with Crippen molar-refractivity contribution in [2.24, 2.45) is 4.99 Å². The van der Waals surface area contributed by atoms with E-state index in [-0.39, 0.29) is 0 Å². The molecule has 152 valence electrons. The smallest absolute Gasteiger partial charge is 0.191 e. The van der Waals surface area contributed by atoms with Crippen LogP contribution < -0.4 is 10.6 Å². The number of nitrogens with zero attached hydrogens (tertiary/aromatic N) is 4. The van der Waals surface area contributed by atoms with Crippen LogP contribution >= 0.6 is 0 Å². The van der Waals surface area contributed by atoms with E-state index >= 15 is 0 Å². The first-order valence-corrected chi connectivity index (χ1v) is 10.1. The molecule has 1 aromatic carbocycles. The van der Waals surface area contributed by atoms with Gasteiger partial charge in [0.15, 0.2) is 5.96 Å². The van der Waals surface area contributed by atoms with E-state index in [0.29, 0.717) is 12.5 Å². The van der Waals surface area contributed by atoms with E-state index in [1.165, 1.54) is 11.1 Å². The molecule has 0 atom stereocenters. The summed E-state index contributed by atoms with van der Waals surface area (Å²) in [6, 6.07) is 13.0. The summed E-state index contributed by atoms with van der Waals surface area (Å²) in [5.41, 5.74) is 3.91. The molecule has 0 fully saturated rings. The van der Waals surface area contributed by atoms with Gasteiger partial charge in [-0.2, -0.15) is 0 Å². The van der Waals surface area contributed by atoms with Gasteiger partial charge < -0.3 is 10.6 Å². The molecular weight excluding hydrogens is 360 g/mol. The summed E-state index contributed by atoms with van der Waals surface area (Å²) >= 11 is 0. The molecular formula is C23H30N6. The predicted octanol–water partition coefficient (Wildman–Crippen LogP) is 3.69. The Hall–Kier alpha value is -3.15. The number of hydrogen-bond donors (Lipinski definition) is 2. The number of pyridine rings is 1. The highest BCUT2D eigenvalue weighted by molar-refractivity contribution is 5.79. The summed E-state index contributed by atoms with van der Waals surface area (Å²) in [5, 5.41) is 6.75. The van der Waals surface area contributed by atoms with E-state index in [1.807, 2.05) is 29.1 Å². The largest absolute Gasteiger partial charge is 0.356 e. The van der Waals surface area contributed by atoms with Crippen LogP contribution in [0.2, 0.25) is 0 Å². The highest BCUT2D eigenvalue weighted by Crippen LogP contribution is 2.15. The molecule has 3 aromatic rings. The van der Waals surface area contributed by atoms with E-state index < -0.39 is 0 Å². The number of aromatic nitrogens is 3. The van der Waals surface area contributed by atoms with Crippen molar-refractivity contribution in [2.45, 2.75) is 39.2 Å². The lowest BCUT2D eigenvalue weighted by atomic mass is 10.0. The number of imidazole rings is 1. The maximum absolute atomic E-state index is 4.38. The summed E-state index contributed by atoms with van der Waals surface area (Å²) in [7, 11) is 1.80. The Morgan fingerprint density at radius 1 is 1.07 bits per heavy atom. The molecule has 0 radical (unpaired) electrons. The van der Waals surface area contributed by atoms with Crippen LogP contribution in [-0.2, 0) is 13.0 Å². The molecule has 0 saturated heterocycles. The quantitative estimate of drug-likeness (QED) is 0.350. The molecule has 3 rings (SSSR count). The van der Waals surface area contributed by atoms with E-state index in [0.717, 1.165) is 36.7 Å². The first-order chi connectivity index (χ1) is 14.2.